The molecule has 0 aliphatic heterocycles. The lowest BCUT2D eigenvalue weighted by molar-refractivity contribution is -0.121. The Kier molecular flexibility index (Phi) is 4.94. The summed E-state index contributed by atoms with van der Waals surface area (Å²) in [6.07, 6.45) is 2.25. The summed E-state index contributed by atoms with van der Waals surface area (Å²) >= 11 is 0. The number of para-hydroxylation sites is 1. The number of aromatic nitrogens is 1. The van der Waals surface area contributed by atoms with E-state index < -0.39 is 5.97 Å². The third kappa shape index (κ3) is 3.61. The molecule has 2 rings (SSSR count). The zero-order valence-electron chi connectivity index (χ0n) is 11.8. The molecule has 6 nitrogen and oxygen atoms in total. The van der Waals surface area contributed by atoms with Gasteiger partial charge in [-0.05, 0) is 12.5 Å². The molecule has 0 fully saturated rings. The van der Waals surface area contributed by atoms with Gasteiger partial charge >= 0.3 is 5.97 Å². The number of nitrogens with one attached hydrogen (secondary N) is 1. The molecule has 1 aromatic heterocycles. The molecule has 2 N–H and O–H groups in total. The van der Waals surface area contributed by atoms with E-state index in [1.807, 2.05) is 6.07 Å². The molecular weight excluding hydrogens is 272 g/mol. The van der Waals surface area contributed by atoms with Gasteiger partial charge in [0.1, 0.15) is 6.54 Å². The number of nitrogens with zero attached hydrogens (tertiary/aromatic N) is 1. The molecule has 1 amide bonds. The van der Waals surface area contributed by atoms with E-state index >= 15 is 0 Å². The van der Waals surface area contributed by atoms with Gasteiger partial charge < -0.3 is 19.7 Å². The maximum Gasteiger partial charge on any atom is 0.337 e. The predicted octanol–water partition coefficient (Wildman–Crippen LogP) is 1.49. The third-order valence-corrected chi connectivity index (χ3v) is 3.18. The molecule has 0 aliphatic carbocycles. The molecule has 0 spiro atoms. The first-order valence-electron chi connectivity index (χ1n) is 6.70. The number of benzene rings is 1. The first kappa shape index (κ1) is 15.1. The van der Waals surface area contributed by atoms with Crippen molar-refractivity contribution in [2.45, 2.75) is 13.0 Å². The van der Waals surface area contributed by atoms with E-state index in [9.17, 15) is 14.7 Å². The third-order valence-electron chi connectivity index (χ3n) is 3.18. The number of hydrogen-bond donors (Lipinski definition) is 2. The summed E-state index contributed by atoms with van der Waals surface area (Å²) < 4.78 is 6.56. The average Bonchev–Trinajstić information content (AvgIpc) is 2.83. The highest BCUT2D eigenvalue weighted by Gasteiger charge is 2.14. The summed E-state index contributed by atoms with van der Waals surface area (Å²) in [4.78, 5) is 23.1. The van der Waals surface area contributed by atoms with Crippen molar-refractivity contribution in [1.29, 1.82) is 0 Å². The van der Waals surface area contributed by atoms with Gasteiger partial charge in [0.15, 0.2) is 0 Å². The maximum atomic E-state index is 11.9. The summed E-state index contributed by atoms with van der Waals surface area (Å²) in [7, 11) is 1.61. The second-order valence-electron chi connectivity index (χ2n) is 4.69. The van der Waals surface area contributed by atoms with Crippen molar-refractivity contribution in [2.24, 2.45) is 0 Å². The standard InChI is InChI=1S/C15H18N2O4/c1-21-8-4-7-16-14(18)10-17-9-12(15(19)20)11-5-2-3-6-13(11)17/h2-3,5-6,9H,4,7-8,10H2,1H3,(H,16,18)(H,19,20). The molecule has 21 heavy (non-hydrogen) atoms. The van der Waals surface area contributed by atoms with E-state index in [0.29, 0.717) is 18.5 Å². The summed E-state index contributed by atoms with van der Waals surface area (Å²) in [5, 5.41) is 12.6. The fourth-order valence-corrected chi connectivity index (χ4v) is 2.20. The molecule has 112 valence electrons. The van der Waals surface area contributed by atoms with Crippen LogP contribution in [0.1, 0.15) is 16.8 Å². The Morgan fingerprint density at radius 2 is 2.10 bits per heavy atom. The van der Waals surface area contributed by atoms with Crippen LogP contribution in [0.2, 0.25) is 0 Å². The van der Waals surface area contributed by atoms with Crippen LogP contribution in [0.4, 0.5) is 0 Å². The molecular formula is C15H18N2O4. The molecule has 0 bridgehead atoms. The van der Waals surface area contributed by atoms with E-state index in [0.717, 1.165) is 11.9 Å². The Labute approximate surface area is 122 Å². The second kappa shape index (κ2) is 6.90. The lowest BCUT2D eigenvalue weighted by Crippen LogP contribution is -2.28. The minimum atomic E-state index is -0.995. The van der Waals surface area contributed by atoms with Gasteiger partial charge in [0.25, 0.3) is 0 Å². The summed E-state index contributed by atoms with van der Waals surface area (Å²) in [5.41, 5.74) is 0.944. The maximum absolute atomic E-state index is 11.9. The Balaban J connectivity index is 2.11. The summed E-state index contributed by atoms with van der Waals surface area (Å²) in [6.45, 7) is 1.23. The van der Waals surface area contributed by atoms with Crippen molar-refractivity contribution < 1.29 is 19.4 Å². The van der Waals surface area contributed by atoms with Crippen LogP contribution in [-0.4, -0.2) is 41.8 Å². The van der Waals surface area contributed by atoms with Gasteiger partial charge in [-0.15, -0.1) is 0 Å². The smallest absolute Gasteiger partial charge is 0.337 e. The monoisotopic (exact) mass is 290 g/mol. The molecule has 0 aliphatic rings. The fourth-order valence-electron chi connectivity index (χ4n) is 2.20. The van der Waals surface area contributed by atoms with Gasteiger partial charge in [-0.1, -0.05) is 18.2 Å². The first-order valence-corrected chi connectivity index (χ1v) is 6.70. The predicted molar refractivity (Wildman–Crippen MR) is 78.4 cm³/mol. The van der Waals surface area contributed by atoms with Crippen LogP contribution in [0.15, 0.2) is 30.5 Å². The lowest BCUT2D eigenvalue weighted by Gasteiger charge is -2.07. The molecule has 0 saturated carbocycles. The average molecular weight is 290 g/mol. The Hall–Kier alpha value is -2.34. The minimum absolute atomic E-state index is 0.0980. The highest BCUT2D eigenvalue weighted by molar-refractivity contribution is 6.03. The summed E-state index contributed by atoms with van der Waals surface area (Å²) in [5.74, 6) is -1.14. The number of carboxylic acid groups (broad SMARTS) is 1. The van der Waals surface area contributed by atoms with Crippen molar-refractivity contribution in [3.05, 3.63) is 36.0 Å². The molecule has 0 unspecified atom stereocenters. The van der Waals surface area contributed by atoms with Crippen LogP contribution in [-0.2, 0) is 16.1 Å². The van der Waals surface area contributed by atoms with Gasteiger partial charge in [-0.25, -0.2) is 4.79 Å². The Morgan fingerprint density at radius 3 is 2.81 bits per heavy atom. The number of carbonyl (C=O) groups excluding carboxylic acids is 1. The number of carboxylic acids is 1. The van der Waals surface area contributed by atoms with Crippen molar-refractivity contribution in [2.75, 3.05) is 20.3 Å². The number of carbonyl (C=O) groups is 2. The molecule has 2 aromatic rings. The van der Waals surface area contributed by atoms with Crippen LogP contribution in [0, 0.1) is 0 Å². The zero-order chi connectivity index (χ0) is 15.2. The van der Waals surface area contributed by atoms with E-state index in [-0.39, 0.29) is 18.0 Å². The number of hydrogen-bond acceptors (Lipinski definition) is 3. The normalized spacial score (nSPS) is 10.7. The van der Waals surface area contributed by atoms with Gasteiger partial charge in [-0.2, -0.15) is 0 Å². The first-order chi connectivity index (χ1) is 10.1. The van der Waals surface area contributed by atoms with E-state index in [4.69, 9.17) is 4.74 Å². The van der Waals surface area contributed by atoms with Crippen molar-refractivity contribution >= 4 is 22.8 Å². The number of ether oxygens (including phenoxy) is 1. The highest BCUT2D eigenvalue weighted by atomic mass is 16.5. The van der Waals surface area contributed by atoms with Crippen LogP contribution in [0.5, 0.6) is 0 Å². The van der Waals surface area contributed by atoms with Crippen molar-refractivity contribution in [3.63, 3.8) is 0 Å². The molecule has 6 heteroatoms. The molecule has 0 atom stereocenters. The number of amides is 1. The molecule has 1 heterocycles. The Bertz CT molecular complexity index is 648. The Morgan fingerprint density at radius 1 is 1.33 bits per heavy atom. The molecule has 0 radical (unpaired) electrons. The molecule has 1 aromatic carbocycles. The van der Waals surface area contributed by atoms with E-state index in [1.165, 1.54) is 6.20 Å². The second-order valence-corrected chi connectivity index (χ2v) is 4.69. The highest BCUT2D eigenvalue weighted by Crippen LogP contribution is 2.21. The van der Waals surface area contributed by atoms with Crippen LogP contribution >= 0.6 is 0 Å². The van der Waals surface area contributed by atoms with E-state index in [2.05, 4.69) is 5.32 Å². The number of rotatable bonds is 7. The van der Waals surface area contributed by atoms with Gasteiger partial charge in [0, 0.05) is 37.4 Å². The number of methoxy groups -OCH3 is 1. The lowest BCUT2D eigenvalue weighted by atomic mass is 10.2. The summed E-state index contributed by atoms with van der Waals surface area (Å²) in [6, 6.07) is 7.15. The van der Waals surface area contributed by atoms with Crippen LogP contribution < -0.4 is 5.32 Å². The SMILES string of the molecule is COCCCNC(=O)Cn1cc(C(=O)O)c2ccccc21. The zero-order valence-corrected chi connectivity index (χ0v) is 11.8. The molecule has 0 saturated heterocycles. The van der Waals surface area contributed by atoms with E-state index in [1.54, 1.807) is 29.9 Å². The van der Waals surface area contributed by atoms with Gasteiger partial charge in [0.05, 0.1) is 5.56 Å². The van der Waals surface area contributed by atoms with Crippen molar-refractivity contribution in [3.8, 4) is 0 Å². The minimum Gasteiger partial charge on any atom is -0.478 e. The largest absolute Gasteiger partial charge is 0.478 e. The quantitative estimate of drug-likeness (QED) is 0.757. The topological polar surface area (TPSA) is 80.6 Å². The number of aromatic carboxylic acids is 1. The van der Waals surface area contributed by atoms with Crippen LogP contribution in [0.3, 0.4) is 0 Å². The van der Waals surface area contributed by atoms with Crippen molar-refractivity contribution in [1.82, 2.24) is 9.88 Å². The van der Waals surface area contributed by atoms with Gasteiger partial charge in [0.2, 0.25) is 5.91 Å². The van der Waals surface area contributed by atoms with Crippen LogP contribution in [0.25, 0.3) is 10.9 Å². The van der Waals surface area contributed by atoms with Gasteiger partial charge in [-0.3, -0.25) is 4.79 Å². The fraction of sp³-hybridized carbons (Fsp3) is 0.333. The number of fused-ring (bicyclic) bond motifs is 1.